The lowest BCUT2D eigenvalue weighted by molar-refractivity contribution is -0.121. The van der Waals surface area contributed by atoms with E-state index in [0.29, 0.717) is 16.4 Å². The predicted molar refractivity (Wildman–Crippen MR) is 132 cm³/mol. The highest BCUT2D eigenvalue weighted by atomic mass is 32.1. The van der Waals surface area contributed by atoms with Crippen molar-refractivity contribution in [3.63, 3.8) is 0 Å². The molecule has 0 N–H and O–H groups in total. The second kappa shape index (κ2) is 8.79. The molecule has 170 valence electrons. The van der Waals surface area contributed by atoms with Gasteiger partial charge in [-0.05, 0) is 61.4 Å². The summed E-state index contributed by atoms with van der Waals surface area (Å²) in [5, 5.41) is 0.568. The molecule has 1 aliphatic heterocycles. The summed E-state index contributed by atoms with van der Waals surface area (Å²) < 4.78 is 0.999. The fourth-order valence-corrected chi connectivity index (χ4v) is 5.03. The Kier molecular flexibility index (Phi) is 5.67. The normalized spacial score (nSPS) is 13.6. The van der Waals surface area contributed by atoms with Gasteiger partial charge in [-0.15, -0.1) is 0 Å². The molecule has 0 aliphatic carbocycles. The summed E-state index contributed by atoms with van der Waals surface area (Å²) in [5.41, 5.74) is 4.60. The third-order valence-electron chi connectivity index (χ3n) is 6.00. The zero-order valence-corrected chi connectivity index (χ0v) is 19.6. The number of pyridine rings is 1. The van der Waals surface area contributed by atoms with Gasteiger partial charge in [-0.2, -0.15) is 0 Å². The molecular weight excluding hydrogens is 448 g/mol. The predicted octanol–water partition coefficient (Wildman–Crippen LogP) is 4.81. The number of amides is 3. The second-order valence-electron chi connectivity index (χ2n) is 8.24. The van der Waals surface area contributed by atoms with Crippen LogP contribution in [0.15, 0.2) is 60.8 Å². The first-order valence-corrected chi connectivity index (χ1v) is 11.8. The maximum atomic E-state index is 13.8. The number of rotatable bonds is 5. The zero-order valence-electron chi connectivity index (χ0n) is 18.8. The first-order valence-electron chi connectivity index (χ1n) is 11.0. The Hall–Kier alpha value is -3.91. The summed E-state index contributed by atoms with van der Waals surface area (Å²) in [6, 6.07) is 16.3. The lowest BCUT2D eigenvalue weighted by Crippen LogP contribution is -2.32. The van der Waals surface area contributed by atoms with Crippen LogP contribution in [0.3, 0.4) is 0 Å². The molecule has 0 unspecified atom stereocenters. The van der Waals surface area contributed by atoms with E-state index in [1.807, 2.05) is 38.1 Å². The van der Waals surface area contributed by atoms with E-state index < -0.39 is 0 Å². The Morgan fingerprint density at radius 2 is 1.82 bits per heavy atom. The standard InChI is InChI=1S/C26H22N4O3S/c1-16-9-10-21-24(17(16)2)28-26(34-21)29(15-19-7-3-4-13-27-19)25(33)18-6-5-8-20(14-18)30-22(31)11-12-23(30)32/h3-10,13-14H,11-12,15H2,1-2H3. The maximum Gasteiger partial charge on any atom is 0.260 e. The quantitative estimate of drug-likeness (QED) is 0.391. The topological polar surface area (TPSA) is 83.5 Å². The Balaban J connectivity index is 1.56. The molecule has 0 radical (unpaired) electrons. The number of nitrogens with zero attached hydrogens (tertiary/aromatic N) is 4. The number of anilines is 2. The number of aryl methyl sites for hydroxylation is 2. The highest BCUT2D eigenvalue weighted by Gasteiger charge is 2.31. The third-order valence-corrected chi connectivity index (χ3v) is 7.04. The lowest BCUT2D eigenvalue weighted by atomic mass is 10.1. The van der Waals surface area contributed by atoms with Gasteiger partial charge >= 0.3 is 0 Å². The first kappa shape index (κ1) is 21.9. The smallest absolute Gasteiger partial charge is 0.260 e. The van der Waals surface area contributed by atoms with Gasteiger partial charge in [-0.1, -0.05) is 29.5 Å². The number of hydrogen-bond donors (Lipinski definition) is 0. The van der Waals surface area contributed by atoms with Gasteiger partial charge in [-0.25, -0.2) is 4.98 Å². The summed E-state index contributed by atoms with van der Waals surface area (Å²) in [4.78, 5) is 50.2. The van der Waals surface area contributed by atoms with E-state index in [1.54, 1.807) is 35.4 Å². The zero-order chi connectivity index (χ0) is 23.8. The van der Waals surface area contributed by atoms with Gasteiger partial charge in [0, 0.05) is 24.6 Å². The van der Waals surface area contributed by atoms with E-state index >= 15 is 0 Å². The monoisotopic (exact) mass is 470 g/mol. The number of carbonyl (C=O) groups excluding carboxylic acids is 3. The summed E-state index contributed by atoms with van der Waals surface area (Å²) in [7, 11) is 0. The molecule has 1 aliphatic rings. The van der Waals surface area contributed by atoms with Gasteiger partial charge < -0.3 is 0 Å². The molecule has 3 amide bonds. The van der Waals surface area contributed by atoms with Crippen molar-refractivity contribution in [1.29, 1.82) is 0 Å². The number of carbonyl (C=O) groups is 3. The summed E-state index contributed by atoms with van der Waals surface area (Å²) >= 11 is 1.45. The van der Waals surface area contributed by atoms with Crippen LogP contribution in [0.25, 0.3) is 10.2 Å². The minimum atomic E-state index is -0.278. The highest BCUT2D eigenvalue weighted by molar-refractivity contribution is 7.22. The van der Waals surface area contributed by atoms with Gasteiger partial charge in [0.05, 0.1) is 28.1 Å². The fraction of sp³-hybridized carbons (Fsp3) is 0.192. The van der Waals surface area contributed by atoms with Gasteiger partial charge in [0.1, 0.15) is 0 Å². The van der Waals surface area contributed by atoms with Crippen LogP contribution in [0.1, 0.15) is 40.0 Å². The van der Waals surface area contributed by atoms with Crippen LogP contribution < -0.4 is 9.80 Å². The third kappa shape index (κ3) is 3.97. The largest absolute Gasteiger partial charge is 0.278 e. The van der Waals surface area contributed by atoms with Crippen molar-refractivity contribution in [3.8, 4) is 0 Å². The molecule has 0 atom stereocenters. The molecule has 8 heteroatoms. The average Bonchev–Trinajstić information content (AvgIpc) is 3.43. The van der Waals surface area contributed by atoms with Gasteiger partial charge in [-0.3, -0.25) is 29.2 Å². The Bertz CT molecular complexity index is 1410. The highest BCUT2D eigenvalue weighted by Crippen LogP contribution is 2.34. The van der Waals surface area contributed by atoms with Crippen LogP contribution in [0, 0.1) is 13.8 Å². The Labute approximate surface area is 200 Å². The van der Waals surface area contributed by atoms with Crippen molar-refractivity contribution in [2.45, 2.75) is 33.2 Å². The SMILES string of the molecule is Cc1ccc2sc(N(Cc3ccccn3)C(=O)c3cccc(N4C(=O)CCC4=O)c3)nc2c1C. The molecule has 34 heavy (non-hydrogen) atoms. The van der Waals surface area contributed by atoms with Crippen molar-refractivity contribution in [2.24, 2.45) is 0 Å². The summed E-state index contributed by atoms with van der Waals surface area (Å²) in [6.07, 6.45) is 2.07. The van der Waals surface area contributed by atoms with E-state index in [9.17, 15) is 14.4 Å². The molecule has 1 fully saturated rings. The molecule has 7 nitrogen and oxygen atoms in total. The molecule has 0 saturated carbocycles. The maximum absolute atomic E-state index is 13.8. The van der Waals surface area contributed by atoms with Crippen molar-refractivity contribution in [2.75, 3.05) is 9.80 Å². The van der Waals surface area contributed by atoms with Crippen LogP contribution in [0.4, 0.5) is 10.8 Å². The average molecular weight is 471 g/mol. The molecule has 2 aromatic carbocycles. The Morgan fingerprint density at radius 1 is 1.03 bits per heavy atom. The van der Waals surface area contributed by atoms with Crippen LogP contribution in [0.5, 0.6) is 0 Å². The minimum Gasteiger partial charge on any atom is -0.278 e. The molecule has 4 aromatic rings. The molecule has 0 bridgehead atoms. The summed E-state index contributed by atoms with van der Waals surface area (Å²) in [6.45, 7) is 4.31. The number of aromatic nitrogens is 2. The molecule has 2 aromatic heterocycles. The van der Waals surface area contributed by atoms with Gasteiger partial charge in [0.15, 0.2) is 5.13 Å². The van der Waals surface area contributed by atoms with Crippen molar-refractivity contribution < 1.29 is 14.4 Å². The minimum absolute atomic E-state index is 0.188. The number of thiazole rings is 1. The molecule has 1 saturated heterocycles. The van der Waals surface area contributed by atoms with E-state index in [0.717, 1.165) is 31.9 Å². The van der Waals surface area contributed by atoms with Crippen molar-refractivity contribution in [3.05, 3.63) is 83.2 Å². The first-order chi connectivity index (χ1) is 16.4. The fourth-order valence-electron chi connectivity index (χ4n) is 4.01. The number of fused-ring (bicyclic) bond motifs is 1. The van der Waals surface area contributed by atoms with E-state index in [-0.39, 0.29) is 37.1 Å². The summed E-state index contributed by atoms with van der Waals surface area (Å²) in [5.74, 6) is -0.783. The molecule has 3 heterocycles. The van der Waals surface area contributed by atoms with Crippen molar-refractivity contribution >= 4 is 50.1 Å². The van der Waals surface area contributed by atoms with Crippen molar-refractivity contribution in [1.82, 2.24) is 9.97 Å². The van der Waals surface area contributed by atoms with Crippen LogP contribution >= 0.6 is 11.3 Å². The van der Waals surface area contributed by atoms with E-state index in [2.05, 4.69) is 11.1 Å². The van der Waals surface area contributed by atoms with Gasteiger partial charge in [0.2, 0.25) is 11.8 Å². The molecule has 5 rings (SSSR count). The lowest BCUT2D eigenvalue weighted by Gasteiger charge is -2.21. The Morgan fingerprint density at radius 3 is 2.56 bits per heavy atom. The van der Waals surface area contributed by atoms with Crippen LogP contribution in [-0.2, 0) is 16.1 Å². The number of benzene rings is 2. The van der Waals surface area contributed by atoms with E-state index in [1.165, 1.54) is 11.3 Å². The van der Waals surface area contributed by atoms with Gasteiger partial charge in [0.25, 0.3) is 5.91 Å². The molecular formula is C26H22N4O3S. The number of hydrogen-bond acceptors (Lipinski definition) is 6. The second-order valence-corrected chi connectivity index (χ2v) is 9.25. The van der Waals surface area contributed by atoms with Crippen LogP contribution in [0.2, 0.25) is 0 Å². The number of imide groups is 1. The van der Waals surface area contributed by atoms with Crippen LogP contribution in [-0.4, -0.2) is 27.7 Å². The van der Waals surface area contributed by atoms with E-state index in [4.69, 9.17) is 4.98 Å². The molecule has 0 spiro atoms.